The Morgan fingerprint density at radius 2 is 2.09 bits per heavy atom. The van der Waals surface area contributed by atoms with Gasteiger partial charge in [-0.3, -0.25) is 4.68 Å². The van der Waals surface area contributed by atoms with Gasteiger partial charge in [-0.15, -0.1) is 0 Å². The van der Waals surface area contributed by atoms with Crippen molar-refractivity contribution in [2.45, 2.75) is 12.0 Å². The zero-order valence-corrected chi connectivity index (χ0v) is 14.4. The molecule has 0 aliphatic carbocycles. The molecule has 3 aromatic rings. The highest BCUT2D eigenvalue weighted by Gasteiger charge is 2.33. The summed E-state index contributed by atoms with van der Waals surface area (Å²) in [6.45, 7) is 1.67. The van der Waals surface area contributed by atoms with Crippen molar-refractivity contribution < 1.29 is 0 Å². The number of aromatic nitrogens is 3. The van der Waals surface area contributed by atoms with Crippen molar-refractivity contribution in [3.05, 3.63) is 52.9 Å². The van der Waals surface area contributed by atoms with Crippen molar-refractivity contribution in [1.29, 1.82) is 0 Å². The molecule has 0 radical (unpaired) electrons. The SMILES string of the molecule is Cn1cc([C@@H]2CN(c3nccc4c(Br)cccc34)C[C@H]2N)cn1. The van der Waals surface area contributed by atoms with Crippen LogP contribution in [0.1, 0.15) is 11.5 Å². The van der Waals surface area contributed by atoms with E-state index in [0.717, 1.165) is 28.8 Å². The lowest BCUT2D eigenvalue weighted by Crippen LogP contribution is -2.28. The van der Waals surface area contributed by atoms with E-state index < -0.39 is 0 Å². The molecule has 5 nitrogen and oxygen atoms in total. The van der Waals surface area contributed by atoms with Gasteiger partial charge in [0.05, 0.1) is 6.20 Å². The van der Waals surface area contributed by atoms with E-state index in [4.69, 9.17) is 5.73 Å². The number of nitrogens with two attached hydrogens (primary N) is 1. The van der Waals surface area contributed by atoms with E-state index in [0.29, 0.717) is 0 Å². The van der Waals surface area contributed by atoms with Crippen LogP contribution in [0.3, 0.4) is 0 Å². The summed E-state index contributed by atoms with van der Waals surface area (Å²) in [4.78, 5) is 6.92. The van der Waals surface area contributed by atoms with Crippen molar-refractivity contribution in [2.24, 2.45) is 12.8 Å². The van der Waals surface area contributed by atoms with Gasteiger partial charge in [-0.2, -0.15) is 5.10 Å². The first kappa shape index (κ1) is 14.7. The predicted octanol–water partition coefficient (Wildman–Crippen LogP) is 2.66. The predicted molar refractivity (Wildman–Crippen MR) is 95.6 cm³/mol. The number of aryl methyl sites for hydroxylation is 1. The van der Waals surface area contributed by atoms with Crippen LogP contribution in [0.2, 0.25) is 0 Å². The molecule has 23 heavy (non-hydrogen) atoms. The standard InChI is InChI=1S/C17H18BrN5/c1-22-8-11(7-21-22)14-9-23(10-16(14)19)17-13-3-2-4-15(18)12(13)5-6-20-17/h2-8,14,16H,9-10,19H2,1H3/t14-,16+/m0/s1. The van der Waals surface area contributed by atoms with Crippen LogP contribution in [0.5, 0.6) is 0 Å². The summed E-state index contributed by atoms with van der Waals surface area (Å²) in [5.41, 5.74) is 7.60. The molecule has 4 rings (SSSR count). The summed E-state index contributed by atoms with van der Waals surface area (Å²) >= 11 is 3.62. The molecule has 2 N–H and O–H groups in total. The van der Waals surface area contributed by atoms with E-state index in [9.17, 15) is 0 Å². The van der Waals surface area contributed by atoms with Crippen molar-refractivity contribution in [3.63, 3.8) is 0 Å². The van der Waals surface area contributed by atoms with Gasteiger partial charge in [0.2, 0.25) is 0 Å². The van der Waals surface area contributed by atoms with Crippen molar-refractivity contribution in [3.8, 4) is 0 Å². The van der Waals surface area contributed by atoms with Gasteiger partial charge in [-0.1, -0.05) is 28.1 Å². The summed E-state index contributed by atoms with van der Waals surface area (Å²) in [5, 5.41) is 6.61. The normalized spacial score (nSPS) is 21.3. The first-order valence-corrected chi connectivity index (χ1v) is 8.45. The topological polar surface area (TPSA) is 60.0 Å². The van der Waals surface area contributed by atoms with Crippen LogP contribution < -0.4 is 10.6 Å². The van der Waals surface area contributed by atoms with E-state index in [1.54, 1.807) is 0 Å². The van der Waals surface area contributed by atoms with Gasteiger partial charge in [0, 0.05) is 59.7 Å². The molecule has 0 saturated carbocycles. The Morgan fingerprint density at radius 3 is 2.87 bits per heavy atom. The van der Waals surface area contributed by atoms with Crippen LogP contribution in [-0.4, -0.2) is 33.9 Å². The minimum Gasteiger partial charge on any atom is -0.354 e. The lowest BCUT2D eigenvalue weighted by Gasteiger charge is -2.19. The van der Waals surface area contributed by atoms with E-state index in [-0.39, 0.29) is 12.0 Å². The highest BCUT2D eigenvalue weighted by molar-refractivity contribution is 9.10. The summed E-state index contributed by atoms with van der Waals surface area (Å²) < 4.78 is 2.92. The van der Waals surface area contributed by atoms with E-state index >= 15 is 0 Å². The molecular weight excluding hydrogens is 354 g/mol. The third-order valence-electron chi connectivity index (χ3n) is 4.55. The Balaban J connectivity index is 1.71. The highest BCUT2D eigenvalue weighted by atomic mass is 79.9. The molecule has 2 atom stereocenters. The van der Waals surface area contributed by atoms with E-state index in [2.05, 4.69) is 49.2 Å². The lowest BCUT2D eigenvalue weighted by molar-refractivity contribution is 0.652. The molecule has 1 aliphatic rings. The molecule has 0 spiro atoms. The monoisotopic (exact) mass is 371 g/mol. The van der Waals surface area contributed by atoms with Crippen LogP contribution in [0.15, 0.2) is 47.3 Å². The molecule has 1 aliphatic heterocycles. The van der Waals surface area contributed by atoms with E-state index in [1.165, 1.54) is 10.9 Å². The number of nitrogens with zero attached hydrogens (tertiary/aromatic N) is 4. The second kappa shape index (κ2) is 5.62. The van der Waals surface area contributed by atoms with Crippen LogP contribution in [-0.2, 0) is 7.05 Å². The van der Waals surface area contributed by atoms with Gasteiger partial charge in [0.1, 0.15) is 5.82 Å². The second-order valence-corrected chi connectivity index (χ2v) is 6.95. The maximum atomic E-state index is 6.41. The number of anilines is 1. The van der Waals surface area contributed by atoms with Crippen LogP contribution in [0.4, 0.5) is 5.82 Å². The molecule has 2 aromatic heterocycles. The first-order chi connectivity index (χ1) is 11.1. The van der Waals surface area contributed by atoms with E-state index in [1.807, 2.05) is 36.3 Å². The lowest BCUT2D eigenvalue weighted by atomic mass is 9.98. The van der Waals surface area contributed by atoms with Gasteiger partial charge >= 0.3 is 0 Å². The Bertz CT molecular complexity index is 859. The minimum absolute atomic E-state index is 0.0865. The van der Waals surface area contributed by atoms with Crippen molar-refractivity contribution in [2.75, 3.05) is 18.0 Å². The fraction of sp³-hybridized carbons (Fsp3) is 0.294. The number of fused-ring (bicyclic) bond motifs is 1. The molecule has 1 fully saturated rings. The first-order valence-electron chi connectivity index (χ1n) is 7.66. The third kappa shape index (κ3) is 2.52. The number of rotatable bonds is 2. The van der Waals surface area contributed by atoms with Gasteiger partial charge in [0.25, 0.3) is 0 Å². The maximum Gasteiger partial charge on any atom is 0.136 e. The van der Waals surface area contributed by atoms with Crippen LogP contribution in [0, 0.1) is 0 Å². The largest absolute Gasteiger partial charge is 0.354 e. The molecule has 1 saturated heterocycles. The Labute approximate surface area is 143 Å². The number of pyridine rings is 1. The molecule has 3 heterocycles. The molecular formula is C17H18BrN5. The highest BCUT2D eigenvalue weighted by Crippen LogP contribution is 2.34. The minimum atomic E-state index is 0.0865. The molecule has 118 valence electrons. The van der Waals surface area contributed by atoms with Crippen LogP contribution in [0.25, 0.3) is 10.8 Å². The Hall–Kier alpha value is -1.92. The molecule has 6 heteroatoms. The van der Waals surface area contributed by atoms with Crippen molar-refractivity contribution in [1.82, 2.24) is 14.8 Å². The zero-order valence-electron chi connectivity index (χ0n) is 12.9. The Kier molecular flexibility index (Phi) is 3.58. The number of hydrogen-bond acceptors (Lipinski definition) is 4. The smallest absolute Gasteiger partial charge is 0.136 e. The number of hydrogen-bond donors (Lipinski definition) is 1. The number of halogens is 1. The summed E-state index contributed by atoms with van der Waals surface area (Å²) in [6.07, 6.45) is 5.84. The maximum absolute atomic E-state index is 6.41. The zero-order chi connectivity index (χ0) is 16.0. The molecule has 0 unspecified atom stereocenters. The molecule has 0 bridgehead atoms. The average molecular weight is 372 g/mol. The van der Waals surface area contributed by atoms with Gasteiger partial charge in [0.15, 0.2) is 0 Å². The number of benzene rings is 1. The average Bonchev–Trinajstić information content (AvgIpc) is 3.13. The van der Waals surface area contributed by atoms with Gasteiger partial charge in [-0.25, -0.2) is 4.98 Å². The fourth-order valence-corrected chi connectivity index (χ4v) is 3.89. The summed E-state index contributed by atoms with van der Waals surface area (Å²) in [5.74, 6) is 1.29. The summed E-state index contributed by atoms with van der Waals surface area (Å²) in [7, 11) is 1.94. The quantitative estimate of drug-likeness (QED) is 0.752. The Morgan fingerprint density at radius 1 is 1.22 bits per heavy atom. The van der Waals surface area contributed by atoms with Gasteiger partial charge in [-0.05, 0) is 17.7 Å². The van der Waals surface area contributed by atoms with Crippen molar-refractivity contribution >= 4 is 32.5 Å². The molecule has 0 amide bonds. The fourth-order valence-electron chi connectivity index (χ4n) is 3.39. The molecule has 1 aromatic carbocycles. The third-order valence-corrected chi connectivity index (χ3v) is 5.24. The van der Waals surface area contributed by atoms with Gasteiger partial charge < -0.3 is 10.6 Å². The summed E-state index contributed by atoms with van der Waals surface area (Å²) in [6, 6.07) is 8.35. The second-order valence-electron chi connectivity index (χ2n) is 6.09. The van der Waals surface area contributed by atoms with Crippen LogP contribution >= 0.6 is 15.9 Å².